The van der Waals surface area contributed by atoms with Crippen molar-refractivity contribution in [2.75, 3.05) is 37.5 Å². The van der Waals surface area contributed by atoms with Crippen LogP contribution in [0.2, 0.25) is 0 Å². The van der Waals surface area contributed by atoms with E-state index in [0.717, 1.165) is 60.0 Å². The molecule has 0 radical (unpaired) electrons. The molecule has 1 aromatic heterocycles. The monoisotopic (exact) mass is 486 g/mol. The first-order valence-electron chi connectivity index (χ1n) is 12.2. The van der Waals surface area contributed by atoms with Gasteiger partial charge < -0.3 is 25.4 Å². The number of aliphatic imine (C=N–C) groups is 1. The number of aliphatic hydroxyl groups is 1. The van der Waals surface area contributed by atoms with Crippen LogP contribution in [0.4, 0.5) is 22.9 Å². The average Bonchev–Trinajstić information content (AvgIpc) is 3.38. The number of piperidine rings is 1. The van der Waals surface area contributed by atoms with Crippen LogP contribution in [0.15, 0.2) is 47.5 Å². The number of fused-ring (bicyclic) bond motifs is 1. The summed E-state index contributed by atoms with van der Waals surface area (Å²) in [5.41, 5.74) is 4.98. The van der Waals surface area contributed by atoms with Crippen molar-refractivity contribution < 1.29 is 14.6 Å². The van der Waals surface area contributed by atoms with Crippen LogP contribution in [0.5, 0.6) is 5.75 Å². The van der Waals surface area contributed by atoms with Crippen molar-refractivity contribution in [3.05, 3.63) is 65.1 Å². The minimum absolute atomic E-state index is 0.151. The zero-order valence-electron chi connectivity index (χ0n) is 20.5. The quantitative estimate of drug-likeness (QED) is 0.469. The number of rotatable bonds is 7. The molecule has 1 saturated heterocycles. The third kappa shape index (κ3) is 5.01. The van der Waals surface area contributed by atoms with E-state index in [1.54, 1.807) is 26.3 Å². The van der Waals surface area contributed by atoms with Crippen molar-refractivity contribution in [3.8, 4) is 5.75 Å². The summed E-state index contributed by atoms with van der Waals surface area (Å²) >= 11 is 0. The van der Waals surface area contributed by atoms with Crippen LogP contribution >= 0.6 is 0 Å². The van der Waals surface area contributed by atoms with Crippen molar-refractivity contribution in [1.29, 1.82) is 0 Å². The third-order valence-electron chi connectivity index (χ3n) is 6.57. The average molecular weight is 487 g/mol. The first kappa shape index (κ1) is 23.7. The van der Waals surface area contributed by atoms with Gasteiger partial charge in [-0.1, -0.05) is 12.1 Å². The lowest BCUT2D eigenvalue weighted by Crippen LogP contribution is -2.35. The highest BCUT2D eigenvalue weighted by Gasteiger charge is 2.21. The van der Waals surface area contributed by atoms with E-state index in [-0.39, 0.29) is 12.0 Å². The van der Waals surface area contributed by atoms with Crippen LogP contribution in [0.25, 0.3) is 0 Å². The first-order chi connectivity index (χ1) is 17.5. The third-order valence-corrected chi connectivity index (χ3v) is 6.57. The predicted molar refractivity (Wildman–Crippen MR) is 140 cm³/mol. The van der Waals surface area contributed by atoms with Gasteiger partial charge in [-0.2, -0.15) is 0 Å². The molecule has 3 heterocycles. The summed E-state index contributed by atoms with van der Waals surface area (Å²) in [5, 5.41) is 15.8. The Morgan fingerprint density at radius 1 is 1.17 bits per heavy atom. The molecule has 2 aliphatic rings. The molecule has 36 heavy (non-hydrogen) atoms. The molecular weight excluding hydrogens is 456 g/mol. The number of hydrogen-bond donors (Lipinski definition) is 3. The van der Waals surface area contributed by atoms with Gasteiger partial charge in [0.05, 0.1) is 18.9 Å². The number of nitrogens with one attached hydrogen (secondary N) is 2. The molecule has 0 aliphatic carbocycles. The van der Waals surface area contributed by atoms with Crippen molar-refractivity contribution >= 4 is 35.0 Å². The smallest absolute Gasteiger partial charge is 0.251 e. The molecule has 2 aliphatic heterocycles. The van der Waals surface area contributed by atoms with E-state index in [1.165, 1.54) is 0 Å². The molecule has 5 rings (SSSR count). The Balaban J connectivity index is 1.40. The normalized spacial score (nSPS) is 15.0. The molecule has 0 atom stereocenters. The SMILES string of the molecule is CNC(=O)c1cccc(Nc2nc(Cc3ccc(N4CCC(O)CC4)cc3OC)nc3c2N=CC3)c1. The van der Waals surface area contributed by atoms with Gasteiger partial charge in [-0.3, -0.25) is 9.79 Å². The number of ether oxygens (including phenoxy) is 1. The van der Waals surface area contributed by atoms with Crippen LogP contribution in [-0.4, -0.2) is 60.5 Å². The Bertz CT molecular complexity index is 1300. The minimum atomic E-state index is -0.211. The van der Waals surface area contributed by atoms with Gasteiger partial charge in [-0.15, -0.1) is 0 Å². The predicted octanol–water partition coefficient (Wildman–Crippen LogP) is 3.40. The van der Waals surface area contributed by atoms with Crippen LogP contribution < -0.4 is 20.3 Å². The van der Waals surface area contributed by atoms with Gasteiger partial charge in [0.1, 0.15) is 17.3 Å². The van der Waals surface area contributed by atoms with E-state index >= 15 is 0 Å². The molecule has 0 bridgehead atoms. The lowest BCUT2D eigenvalue weighted by atomic mass is 10.1. The molecular formula is C27H30N6O3. The number of carbonyl (C=O) groups is 1. The number of aromatic nitrogens is 2. The van der Waals surface area contributed by atoms with Crippen LogP contribution in [0.3, 0.4) is 0 Å². The first-order valence-corrected chi connectivity index (χ1v) is 12.2. The Morgan fingerprint density at radius 2 is 2.00 bits per heavy atom. The van der Waals surface area contributed by atoms with Gasteiger partial charge in [0.25, 0.3) is 5.91 Å². The number of benzene rings is 2. The standard InChI is InChI=1S/C27H30N6O3/c1-28-27(35)18-4-3-5-19(14-18)30-26-25-22(8-11-29-25)31-24(32-26)15-17-6-7-20(16-23(17)36-2)33-12-9-21(34)10-13-33/h3-7,11,14,16,21,34H,8-10,12-13,15H2,1-2H3,(H,28,35)(H,30,31,32). The second kappa shape index (κ2) is 10.3. The number of methoxy groups -OCH3 is 1. The topological polar surface area (TPSA) is 112 Å². The fourth-order valence-corrected chi connectivity index (χ4v) is 4.61. The number of nitrogens with zero attached hydrogens (tertiary/aromatic N) is 4. The van der Waals surface area contributed by atoms with Gasteiger partial charge in [0.2, 0.25) is 0 Å². The fourth-order valence-electron chi connectivity index (χ4n) is 4.61. The van der Waals surface area contributed by atoms with Crippen molar-refractivity contribution in [1.82, 2.24) is 15.3 Å². The summed E-state index contributed by atoms with van der Waals surface area (Å²) in [6.07, 6.45) is 4.32. The minimum Gasteiger partial charge on any atom is -0.496 e. The summed E-state index contributed by atoms with van der Waals surface area (Å²) in [5.74, 6) is 1.91. The van der Waals surface area contributed by atoms with Gasteiger partial charge in [0, 0.05) is 67.8 Å². The largest absolute Gasteiger partial charge is 0.496 e. The number of anilines is 3. The second-order valence-electron chi connectivity index (χ2n) is 8.98. The highest BCUT2D eigenvalue weighted by molar-refractivity contribution is 5.95. The summed E-state index contributed by atoms with van der Waals surface area (Å²) in [6.45, 7) is 1.65. The van der Waals surface area contributed by atoms with Gasteiger partial charge >= 0.3 is 0 Å². The Kier molecular flexibility index (Phi) is 6.81. The molecule has 186 valence electrons. The van der Waals surface area contributed by atoms with Crippen molar-refractivity contribution in [3.63, 3.8) is 0 Å². The molecule has 1 fully saturated rings. The number of amides is 1. The maximum atomic E-state index is 12.0. The second-order valence-corrected chi connectivity index (χ2v) is 8.98. The van der Waals surface area contributed by atoms with E-state index in [2.05, 4.69) is 32.7 Å². The molecule has 0 spiro atoms. The van der Waals surface area contributed by atoms with E-state index in [4.69, 9.17) is 14.7 Å². The molecule has 0 unspecified atom stereocenters. The number of hydrogen-bond acceptors (Lipinski definition) is 8. The highest BCUT2D eigenvalue weighted by atomic mass is 16.5. The lowest BCUT2D eigenvalue weighted by Gasteiger charge is -2.31. The molecule has 9 nitrogen and oxygen atoms in total. The summed E-state index contributed by atoms with van der Waals surface area (Å²) in [7, 11) is 3.28. The summed E-state index contributed by atoms with van der Waals surface area (Å²) in [6, 6.07) is 13.5. The Hall–Kier alpha value is -3.98. The lowest BCUT2D eigenvalue weighted by molar-refractivity contribution is 0.0963. The van der Waals surface area contributed by atoms with Crippen molar-refractivity contribution in [2.24, 2.45) is 4.99 Å². The molecule has 1 amide bonds. The number of aliphatic hydroxyl groups excluding tert-OH is 1. The molecule has 2 aromatic carbocycles. The molecule has 0 saturated carbocycles. The van der Waals surface area contributed by atoms with Crippen LogP contribution in [0, 0.1) is 0 Å². The Morgan fingerprint density at radius 3 is 2.78 bits per heavy atom. The Labute approximate surface area is 210 Å². The van der Waals surface area contributed by atoms with E-state index in [1.807, 2.05) is 24.4 Å². The summed E-state index contributed by atoms with van der Waals surface area (Å²) in [4.78, 5) is 28.4. The number of carbonyl (C=O) groups excluding carboxylic acids is 1. The van der Waals surface area contributed by atoms with Crippen molar-refractivity contribution in [2.45, 2.75) is 31.8 Å². The van der Waals surface area contributed by atoms with E-state index in [0.29, 0.717) is 30.0 Å². The van der Waals surface area contributed by atoms with Gasteiger partial charge in [0.15, 0.2) is 5.82 Å². The van der Waals surface area contributed by atoms with E-state index < -0.39 is 0 Å². The molecule has 9 heteroatoms. The molecule has 3 aromatic rings. The summed E-state index contributed by atoms with van der Waals surface area (Å²) < 4.78 is 5.73. The maximum Gasteiger partial charge on any atom is 0.251 e. The van der Waals surface area contributed by atoms with Crippen LogP contribution in [-0.2, 0) is 12.8 Å². The highest BCUT2D eigenvalue weighted by Crippen LogP contribution is 2.34. The maximum absolute atomic E-state index is 12.0. The van der Waals surface area contributed by atoms with Crippen LogP contribution in [0.1, 0.15) is 40.3 Å². The fraction of sp³-hybridized carbons (Fsp3) is 0.333. The zero-order valence-corrected chi connectivity index (χ0v) is 20.5. The zero-order chi connectivity index (χ0) is 25.1. The molecule has 3 N–H and O–H groups in total. The van der Waals surface area contributed by atoms with Gasteiger partial charge in [-0.05, 0) is 37.1 Å². The van der Waals surface area contributed by atoms with E-state index in [9.17, 15) is 9.90 Å². The van der Waals surface area contributed by atoms with Gasteiger partial charge in [-0.25, -0.2) is 9.97 Å².